The standard InChI is InChI=1S/C26H25N3O/c1-17-9-11-19(12-10-17)25-18(2)24(22-7-5-6-8-23(22)28-25)26(30)27-20-13-15-21(16-14-20)29(3)4/h5-16H,1-4H3,(H,27,30). The van der Waals surface area contributed by atoms with Crippen molar-refractivity contribution in [3.05, 3.63) is 89.5 Å². The molecule has 4 heteroatoms. The topological polar surface area (TPSA) is 45.2 Å². The van der Waals surface area contributed by atoms with E-state index in [-0.39, 0.29) is 5.91 Å². The van der Waals surface area contributed by atoms with Crippen LogP contribution in [-0.4, -0.2) is 25.0 Å². The van der Waals surface area contributed by atoms with Crippen LogP contribution in [0.4, 0.5) is 11.4 Å². The van der Waals surface area contributed by atoms with Gasteiger partial charge in [0.1, 0.15) is 0 Å². The molecule has 4 rings (SSSR count). The van der Waals surface area contributed by atoms with E-state index in [0.717, 1.165) is 39.1 Å². The highest BCUT2D eigenvalue weighted by Gasteiger charge is 2.19. The van der Waals surface area contributed by atoms with Gasteiger partial charge in [0.25, 0.3) is 5.91 Å². The van der Waals surface area contributed by atoms with Gasteiger partial charge in [-0.2, -0.15) is 0 Å². The molecule has 0 saturated heterocycles. The lowest BCUT2D eigenvalue weighted by Crippen LogP contribution is -2.15. The van der Waals surface area contributed by atoms with Gasteiger partial charge >= 0.3 is 0 Å². The summed E-state index contributed by atoms with van der Waals surface area (Å²) in [4.78, 5) is 20.3. The van der Waals surface area contributed by atoms with Gasteiger partial charge in [-0.1, -0.05) is 48.0 Å². The molecule has 4 nitrogen and oxygen atoms in total. The predicted octanol–water partition coefficient (Wildman–Crippen LogP) is 5.84. The Morgan fingerprint density at radius 2 is 1.53 bits per heavy atom. The number of nitrogens with one attached hydrogen (secondary N) is 1. The maximum Gasteiger partial charge on any atom is 0.256 e. The number of amides is 1. The van der Waals surface area contributed by atoms with Crippen molar-refractivity contribution in [2.24, 2.45) is 0 Å². The lowest BCUT2D eigenvalue weighted by Gasteiger charge is -2.16. The number of rotatable bonds is 4. The Hall–Kier alpha value is -3.66. The van der Waals surface area contributed by atoms with Crippen LogP contribution in [0.2, 0.25) is 0 Å². The number of benzene rings is 3. The first-order valence-corrected chi connectivity index (χ1v) is 9.99. The second-order valence-electron chi connectivity index (χ2n) is 7.74. The zero-order valence-corrected chi connectivity index (χ0v) is 17.7. The minimum atomic E-state index is -0.128. The van der Waals surface area contributed by atoms with Gasteiger partial charge in [-0.05, 0) is 49.7 Å². The summed E-state index contributed by atoms with van der Waals surface area (Å²) >= 11 is 0. The van der Waals surface area contributed by atoms with Gasteiger partial charge in [-0.25, -0.2) is 4.98 Å². The third kappa shape index (κ3) is 3.77. The van der Waals surface area contributed by atoms with Crippen molar-refractivity contribution in [2.75, 3.05) is 24.3 Å². The number of carbonyl (C=O) groups is 1. The molecule has 0 fully saturated rings. The van der Waals surface area contributed by atoms with Crippen molar-refractivity contribution < 1.29 is 4.79 Å². The van der Waals surface area contributed by atoms with Crippen LogP contribution < -0.4 is 10.2 Å². The average molecular weight is 396 g/mol. The van der Waals surface area contributed by atoms with Crippen molar-refractivity contribution >= 4 is 28.2 Å². The van der Waals surface area contributed by atoms with E-state index in [4.69, 9.17) is 4.98 Å². The summed E-state index contributed by atoms with van der Waals surface area (Å²) in [5, 5.41) is 3.91. The van der Waals surface area contributed by atoms with Gasteiger partial charge in [0.2, 0.25) is 0 Å². The number of nitrogens with zero attached hydrogens (tertiary/aromatic N) is 2. The van der Waals surface area contributed by atoms with Crippen LogP contribution in [0.25, 0.3) is 22.2 Å². The molecule has 1 heterocycles. The van der Waals surface area contributed by atoms with Gasteiger partial charge in [0.15, 0.2) is 0 Å². The molecule has 0 saturated carbocycles. The summed E-state index contributed by atoms with van der Waals surface area (Å²) in [6.07, 6.45) is 0. The first-order valence-electron chi connectivity index (χ1n) is 9.99. The number of aromatic nitrogens is 1. The molecule has 1 amide bonds. The minimum Gasteiger partial charge on any atom is -0.378 e. The van der Waals surface area contributed by atoms with Gasteiger partial charge in [0, 0.05) is 36.4 Å². The van der Waals surface area contributed by atoms with Crippen LogP contribution in [-0.2, 0) is 0 Å². The molecule has 150 valence electrons. The number of pyridine rings is 1. The second-order valence-corrected chi connectivity index (χ2v) is 7.74. The maximum absolute atomic E-state index is 13.4. The lowest BCUT2D eigenvalue weighted by molar-refractivity contribution is 0.102. The van der Waals surface area contributed by atoms with Gasteiger partial charge in [0.05, 0.1) is 16.8 Å². The average Bonchev–Trinajstić information content (AvgIpc) is 2.74. The number of hydrogen-bond donors (Lipinski definition) is 1. The Bertz CT molecular complexity index is 1210. The van der Waals surface area contributed by atoms with Crippen molar-refractivity contribution in [1.29, 1.82) is 0 Å². The van der Waals surface area contributed by atoms with Gasteiger partial charge < -0.3 is 10.2 Å². The largest absolute Gasteiger partial charge is 0.378 e. The molecule has 0 spiro atoms. The van der Waals surface area contributed by atoms with Crippen LogP contribution in [0.15, 0.2) is 72.8 Å². The first-order chi connectivity index (χ1) is 14.4. The van der Waals surface area contributed by atoms with E-state index in [9.17, 15) is 4.79 Å². The Labute approximate surface area is 177 Å². The maximum atomic E-state index is 13.4. The van der Waals surface area contributed by atoms with Crippen LogP contribution >= 0.6 is 0 Å². The van der Waals surface area contributed by atoms with E-state index in [0.29, 0.717) is 5.56 Å². The van der Waals surface area contributed by atoms with E-state index in [2.05, 4.69) is 36.5 Å². The molecule has 4 aromatic rings. The molecule has 30 heavy (non-hydrogen) atoms. The number of anilines is 2. The van der Waals surface area contributed by atoms with Gasteiger partial charge in [-0.3, -0.25) is 4.79 Å². The highest BCUT2D eigenvalue weighted by atomic mass is 16.1. The smallest absolute Gasteiger partial charge is 0.256 e. The Morgan fingerprint density at radius 3 is 2.20 bits per heavy atom. The number of aryl methyl sites for hydroxylation is 1. The third-order valence-electron chi connectivity index (χ3n) is 5.33. The summed E-state index contributed by atoms with van der Waals surface area (Å²) in [7, 11) is 3.99. The summed E-state index contributed by atoms with van der Waals surface area (Å²) in [6, 6.07) is 23.9. The fourth-order valence-corrected chi connectivity index (χ4v) is 3.63. The quantitative estimate of drug-likeness (QED) is 0.472. The Morgan fingerprint density at radius 1 is 0.867 bits per heavy atom. The number of hydrogen-bond acceptors (Lipinski definition) is 3. The van der Waals surface area contributed by atoms with Crippen LogP contribution in [0, 0.1) is 13.8 Å². The van der Waals surface area contributed by atoms with Crippen LogP contribution in [0.1, 0.15) is 21.5 Å². The molecule has 0 unspecified atom stereocenters. The van der Waals surface area contributed by atoms with E-state index in [1.54, 1.807) is 0 Å². The molecule has 0 bridgehead atoms. The summed E-state index contributed by atoms with van der Waals surface area (Å²) in [5.41, 5.74) is 7.23. The van der Waals surface area contributed by atoms with E-state index >= 15 is 0 Å². The fourth-order valence-electron chi connectivity index (χ4n) is 3.63. The summed E-state index contributed by atoms with van der Waals surface area (Å²) < 4.78 is 0. The third-order valence-corrected chi connectivity index (χ3v) is 5.33. The number of fused-ring (bicyclic) bond motifs is 1. The van der Waals surface area contributed by atoms with Crippen molar-refractivity contribution in [3.8, 4) is 11.3 Å². The molecule has 0 atom stereocenters. The normalized spacial score (nSPS) is 10.8. The van der Waals surface area contributed by atoms with Crippen molar-refractivity contribution in [1.82, 2.24) is 4.98 Å². The minimum absolute atomic E-state index is 0.128. The molecule has 1 N–H and O–H groups in total. The SMILES string of the molecule is Cc1ccc(-c2nc3ccccc3c(C(=O)Nc3ccc(N(C)C)cc3)c2C)cc1. The molecule has 3 aromatic carbocycles. The summed E-state index contributed by atoms with van der Waals surface area (Å²) in [6.45, 7) is 4.03. The molecule has 0 aliphatic carbocycles. The van der Waals surface area contributed by atoms with Gasteiger partial charge in [-0.15, -0.1) is 0 Å². The zero-order chi connectivity index (χ0) is 21.3. The molecule has 1 aromatic heterocycles. The second kappa shape index (κ2) is 7.99. The molecular formula is C26H25N3O. The Kier molecular flexibility index (Phi) is 5.23. The number of carbonyl (C=O) groups excluding carboxylic acids is 1. The number of para-hydroxylation sites is 1. The summed E-state index contributed by atoms with van der Waals surface area (Å²) in [5.74, 6) is -0.128. The molecule has 0 aliphatic heterocycles. The first kappa shape index (κ1) is 19.6. The van der Waals surface area contributed by atoms with Crippen LogP contribution in [0.3, 0.4) is 0 Å². The highest BCUT2D eigenvalue weighted by Crippen LogP contribution is 2.30. The Balaban J connectivity index is 1.79. The van der Waals surface area contributed by atoms with E-state index in [1.807, 2.05) is 74.4 Å². The zero-order valence-electron chi connectivity index (χ0n) is 17.7. The lowest BCUT2D eigenvalue weighted by atomic mass is 9.96. The van der Waals surface area contributed by atoms with E-state index in [1.165, 1.54) is 5.56 Å². The molecule has 0 aliphatic rings. The predicted molar refractivity (Wildman–Crippen MR) is 125 cm³/mol. The molecule has 0 radical (unpaired) electrons. The van der Waals surface area contributed by atoms with Crippen molar-refractivity contribution in [3.63, 3.8) is 0 Å². The fraction of sp³-hybridized carbons (Fsp3) is 0.154. The highest BCUT2D eigenvalue weighted by molar-refractivity contribution is 6.14. The molecular weight excluding hydrogens is 370 g/mol. The van der Waals surface area contributed by atoms with Crippen LogP contribution in [0.5, 0.6) is 0 Å². The monoisotopic (exact) mass is 395 g/mol. The van der Waals surface area contributed by atoms with E-state index < -0.39 is 0 Å². The van der Waals surface area contributed by atoms with Crippen molar-refractivity contribution in [2.45, 2.75) is 13.8 Å².